The Labute approximate surface area is 569 Å². The van der Waals surface area contributed by atoms with Gasteiger partial charge in [-0.05, 0) is 104 Å². The quantitative estimate of drug-likeness (QED) is 0.0260. The van der Waals surface area contributed by atoms with E-state index in [1.807, 2.05) is 40.7 Å². The number of unbranched alkanes of at least 4 members (excludes halogenated alkanes) is 2. The molecule has 2 aromatic carbocycles. The lowest BCUT2D eigenvalue weighted by molar-refractivity contribution is -0.221. The number of aliphatic hydroxyl groups is 1. The lowest BCUT2D eigenvalue weighted by atomic mass is 9.89. The molecule has 2 bridgehead atoms. The Morgan fingerprint density at radius 1 is 0.753 bits per heavy atom. The number of urea groups is 1. The normalized spacial score (nSPS) is 21.4. The van der Waals surface area contributed by atoms with E-state index < -0.39 is 108 Å². The molecular weight excluding hydrogens is 1250 g/mol. The first-order valence-corrected chi connectivity index (χ1v) is 34.2. The Morgan fingerprint density at radius 3 is 2.02 bits per heavy atom. The first kappa shape index (κ1) is 78.1. The minimum atomic E-state index is -1.53. The number of methoxy groups -OCH3 is 2. The standard InChI is InChI=1S/C70H105N11O16/c1-12-42(6)60(53(95-10)38-57(85)79-36-20-24-52(79)62(96-11)44(8)63(86)75-50(68(91)92)37-45-21-15-13-16-22-45)78(9)67(90)59(41(4)5)77-66(89)61-48-30-31-51(43(48)7)81(61)70(94)97-39-46-26-28-47(29-27-46)73-64(87)49(23-19-34-72-69(71)93)74-65(88)58(40(2)3)76-54(82)25-17-14-18-35-80-55(83)32-33-56(80)84/h13,15-16,21-22,26-29,32-33,40-44,48-53,58-62,70,94H,12,14,17-20,23-25,30-31,34-39H2,1-11H3,(H,73,87)(H,74,88)(H,75,86)(H,76,82)(H,77,89)(H,91,92)(H3,71,72,93)/t42-,43-,44+,48-,49-,50-,51-,52-,53+,58-,59-,60-,61-,62+,70?/m0/s1. The Balaban J connectivity index is 1.06. The number of fused-ring (bicyclic) bond motifs is 2. The van der Waals surface area contributed by atoms with Crippen LogP contribution < -0.4 is 37.6 Å². The van der Waals surface area contributed by atoms with Crippen molar-refractivity contribution in [3.05, 3.63) is 77.9 Å². The number of carboxylic acid groups (broad SMARTS) is 1. The minimum Gasteiger partial charge on any atom is -0.480 e. The van der Waals surface area contributed by atoms with E-state index >= 15 is 0 Å². The highest BCUT2D eigenvalue weighted by atomic mass is 16.6. The molecule has 0 radical (unpaired) electrons. The maximum Gasteiger partial charge on any atom is 0.326 e. The molecule has 3 fully saturated rings. The number of ether oxygens (including phenoxy) is 3. The zero-order chi connectivity index (χ0) is 71.4. The number of carboxylic acids is 1. The summed E-state index contributed by atoms with van der Waals surface area (Å²) in [7, 11) is 4.62. The predicted molar refractivity (Wildman–Crippen MR) is 360 cm³/mol. The summed E-state index contributed by atoms with van der Waals surface area (Å²) in [5.41, 5.74) is 6.99. The fourth-order valence-electron chi connectivity index (χ4n) is 14.1. The molecule has 15 atom stereocenters. The van der Waals surface area contributed by atoms with Gasteiger partial charge >= 0.3 is 12.0 Å². The van der Waals surface area contributed by atoms with Crippen molar-refractivity contribution in [2.75, 3.05) is 46.2 Å². The Hall–Kier alpha value is -7.85. The Morgan fingerprint density at radius 2 is 1.41 bits per heavy atom. The van der Waals surface area contributed by atoms with E-state index in [1.165, 1.54) is 26.4 Å². The summed E-state index contributed by atoms with van der Waals surface area (Å²) >= 11 is 0. The number of carbonyl (C=O) groups excluding carboxylic acids is 10. The number of likely N-dealkylation sites (N-methyl/N-ethyl adjacent to an activating group) is 1. The number of anilines is 1. The molecule has 27 nitrogen and oxygen atoms in total. The highest BCUT2D eigenvalue weighted by Gasteiger charge is 2.57. The molecule has 3 aliphatic heterocycles. The topological polar surface area (TPSA) is 367 Å². The number of piperidine rings is 1. The van der Waals surface area contributed by atoms with E-state index in [9.17, 15) is 63.0 Å². The van der Waals surface area contributed by atoms with E-state index in [2.05, 4.69) is 31.9 Å². The number of amides is 11. The van der Waals surface area contributed by atoms with E-state index in [0.717, 1.165) is 16.9 Å². The number of hydrogen-bond acceptors (Lipinski definition) is 16. The number of carbonyl (C=O) groups is 11. The summed E-state index contributed by atoms with van der Waals surface area (Å²) in [6, 6.07) is 8.36. The summed E-state index contributed by atoms with van der Waals surface area (Å²) in [4.78, 5) is 152. The number of aliphatic carboxylic acids is 1. The monoisotopic (exact) mass is 1360 g/mol. The van der Waals surface area contributed by atoms with Crippen molar-refractivity contribution >= 4 is 70.9 Å². The number of benzene rings is 2. The van der Waals surface area contributed by atoms with Crippen molar-refractivity contribution in [3.8, 4) is 0 Å². The SMILES string of the molecule is CC[C@H](C)[C@@H]([C@@H](CC(=O)N1CCC[C@H]1[C@H](OC)[C@@H](C)C(=O)N[C@@H](Cc1ccccc1)C(=O)O)OC)N(C)C(=O)[C@@H](NC(=O)[C@@H]1[C@H]2CC[C@@H]([C@H]2C)N1C(O)OCc1ccc(NC(=O)[C@H](CCCNC(N)=O)NC(=O)[C@@H](NC(=O)CCCCCN2C(=O)C=CC2=O)C(C)C)cc1)C(C)C. The third-order valence-corrected chi connectivity index (χ3v) is 19.8. The molecule has 3 heterocycles. The third kappa shape index (κ3) is 21.1. The van der Waals surface area contributed by atoms with Crippen LogP contribution in [0.15, 0.2) is 66.7 Å². The molecule has 536 valence electrons. The number of nitrogens with two attached hydrogens (primary N) is 1. The van der Waals surface area contributed by atoms with E-state index in [4.69, 9.17) is 19.9 Å². The smallest absolute Gasteiger partial charge is 0.326 e. The first-order chi connectivity index (χ1) is 46.1. The largest absolute Gasteiger partial charge is 0.480 e. The molecule has 2 saturated heterocycles. The number of rotatable bonds is 39. The number of aliphatic hydroxyl groups excluding tert-OH is 1. The van der Waals surface area contributed by atoms with Crippen LogP contribution in [0.25, 0.3) is 0 Å². The van der Waals surface area contributed by atoms with Gasteiger partial charge in [-0.25, -0.2) is 14.5 Å². The van der Waals surface area contributed by atoms with Crippen molar-refractivity contribution in [3.63, 3.8) is 0 Å². The van der Waals surface area contributed by atoms with Crippen LogP contribution in [0.5, 0.6) is 0 Å². The van der Waals surface area contributed by atoms with Crippen LogP contribution in [0.2, 0.25) is 0 Å². The van der Waals surface area contributed by atoms with Gasteiger partial charge in [0.05, 0.1) is 49.3 Å². The maximum absolute atomic E-state index is 15.0. The number of likely N-dealkylation sites (tertiary alicyclic amines) is 2. The van der Waals surface area contributed by atoms with Gasteiger partial charge in [0.2, 0.25) is 47.8 Å². The summed E-state index contributed by atoms with van der Waals surface area (Å²) in [5, 5.41) is 38.5. The maximum atomic E-state index is 15.0. The van der Waals surface area contributed by atoms with Gasteiger partial charge in [-0.1, -0.05) is 111 Å². The fraction of sp³-hybridized carbons (Fsp3) is 0.643. The first-order valence-electron chi connectivity index (χ1n) is 34.2. The molecule has 97 heavy (non-hydrogen) atoms. The molecule has 0 spiro atoms. The molecule has 1 unspecified atom stereocenters. The fourth-order valence-corrected chi connectivity index (χ4v) is 14.1. The number of nitrogens with zero attached hydrogens (tertiary/aromatic N) is 4. The number of primary amides is 1. The van der Waals surface area contributed by atoms with Crippen LogP contribution in [-0.4, -0.2) is 203 Å². The molecule has 10 N–H and O–H groups in total. The lowest BCUT2D eigenvalue weighted by Gasteiger charge is -2.41. The van der Waals surface area contributed by atoms with E-state index in [-0.39, 0.29) is 111 Å². The number of imide groups is 1. The average molecular weight is 1360 g/mol. The van der Waals surface area contributed by atoms with Gasteiger partial charge in [-0.2, -0.15) is 0 Å². The Bertz CT molecular complexity index is 3040. The van der Waals surface area contributed by atoms with Gasteiger partial charge in [0.15, 0.2) is 0 Å². The molecular formula is C70H105N11O16. The summed E-state index contributed by atoms with van der Waals surface area (Å²) < 4.78 is 18.2. The Kier molecular flexibility index (Phi) is 30.0. The van der Waals surface area contributed by atoms with Crippen LogP contribution in [-0.2, 0) is 75.2 Å². The molecule has 0 aromatic heterocycles. The summed E-state index contributed by atoms with van der Waals surface area (Å²) in [6.45, 7) is 15.5. The number of hydrogen-bond donors (Lipinski definition) is 9. The van der Waals surface area contributed by atoms with Crippen molar-refractivity contribution in [1.29, 1.82) is 0 Å². The minimum absolute atomic E-state index is 0.00322. The summed E-state index contributed by atoms with van der Waals surface area (Å²) in [5.74, 6) is -7.02. The third-order valence-electron chi connectivity index (χ3n) is 19.8. The van der Waals surface area contributed by atoms with Gasteiger partial charge in [0.1, 0.15) is 24.2 Å². The highest BCUT2D eigenvalue weighted by Crippen LogP contribution is 2.48. The van der Waals surface area contributed by atoms with Crippen molar-refractivity contribution in [2.45, 2.75) is 212 Å². The van der Waals surface area contributed by atoms with Gasteiger partial charge in [0, 0.05) is 77.6 Å². The van der Waals surface area contributed by atoms with Crippen molar-refractivity contribution in [2.24, 2.45) is 41.2 Å². The van der Waals surface area contributed by atoms with Crippen LogP contribution in [0.3, 0.4) is 0 Å². The molecule has 27 heteroatoms. The lowest BCUT2D eigenvalue weighted by Crippen LogP contribution is -2.61. The van der Waals surface area contributed by atoms with Gasteiger partial charge in [-0.15, -0.1) is 0 Å². The van der Waals surface area contributed by atoms with Crippen LogP contribution >= 0.6 is 0 Å². The highest BCUT2D eigenvalue weighted by molar-refractivity contribution is 6.12. The summed E-state index contributed by atoms with van der Waals surface area (Å²) in [6.07, 6.45) is 4.49. The predicted octanol–water partition coefficient (Wildman–Crippen LogP) is 3.95. The second-order valence-electron chi connectivity index (χ2n) is 27.0. The van der Waals surface area contributed by atoms with Gasteiger partial charge in [-0.3, -0.25) is 48.1 Å². The van der Waals surface area contributed by atoms with Crippen LogP contribution in [0.4, 0.5) is 10.5 Å². The van der Waals surface area contributed by atoms with E-state index in [0.29, 0.717) is 62.7 Å². The van der Waals surface area contributed by atoms with Crippen molar-refractivity contribution in [1.82, 2.24) is 46.2 Å². The van der Waals surface area contributed by atoms with Crippen LogP contribution in [0.1, 0.15) is 144 Å². The van der Waals surface area contributed by atoms with Gasteiger partial charge < -0.3 is 71.9 Å². The molecule has 2 aromatic rings. The second kappa shape index (κ2) is 37.2. The zero-order valence-electron chi connectivity index (χ0n) is 58.2. The van der Waals surface area contributed by atoms with Gasteiger partial charge in [0.25, 0.3) is 11.8 Å². The molecule has 1 saturated carbocycles. The average Bonchev–Trinajstić information content (AvgIpc) is 1.60. The second-order valence-corrected chi connectivity index (χ2v) is 27.0. The number of nitrogens with one attached hydrogen (secondary N) is 6. The zero-order valence-corrected chi connectivity index (χ0v) is 58.2. The van der Waals surface area contributed by atoms with Crippen LogP contribution in [0, 0.1) is 35.5 Å². The van der Waals surface area contributed by atoms with Crippen molar-refractivity contribution < 1.29 is 77.2 Å². The molecule has 11 amide bonds. The van der Waals surface area contributed by atoms with E-state index in [1.54, 1.807) is 91.0 Å². The molecule has 4 aliphatic rings. The molecule has 1 aliphatic carbocycles. The molecule has 6 rings (SSSR count).